The molecule has 0 amide bonds. The predicted octanol–water partition coefficient (Wildman–Crippen LogP) is 7.75. The standard InChI is InChI=1S/C17H21.C10H15.Hf/c1-4-5-12-6-7-13-8-14-10-17(2,3)11-15(14)9-16(12)13;1-7-6-10(4,5)9(3)8(7)2;/h6-9H,4-5,10-11H2,1-3H3;1-5H3;/q2*-1;. The molecule has 0 fully saturated rings. The Kier molecular flexibility index (Phi) is 7.12. The third-order valence-electron chi connectivity index (χ3n) is 6.60. The number of benzene rings is 1. The molecule has 0 saturated heterocycles. The summed E-state index contributed by atoms with van der Waals surface area (Å²) in [5.41, 5.74) is 9.56. The van der Waals surface area contributed by atoms with Crippen LogP contribution in [0.4, 0.5) is 0 Å². The zero-order valence-electron chi connectivity index (χ0n) is 19.1. The second-order valence-electron chi connectivity index (χ2n) is 9.96. The third kappa shape index (κ3) is 4.66. The maximum absolute atomic E-state index is 3.44. The second kappa shape index (κ2) is 8.50. The van der Waals surface area contributed by atoms with E-state index in [1.54, 1.807) is 11.1 Å². The van der Waals surface area contributed by atoms with E-state index < -0.39 is 0 Å². The van der Waals surface area contributed by atoms with Gasteiger partial charge in [0, 0.05) is 25.8 Å². The van der Waals surface area contributed by atoms with Crippen LogP contribution in [-0.4, -0.2) is 0 Å². The number of hydrogen-bond donors (Lipinski definition) is 0. The molecule has 4 rings (SSSR count). The van der Waals surface area contributed by atoms with Crippen LogP contribution in [0, 0.1) is 16.9 Å². The molecular weight excluding hydrogens is 503 g/mol. The van der Waals surface area contributed by atoms with Gasteiger partial charge in [-0.15, -0.1) is 41.5 Å². The van der Waals surface area contributed by atoms with Crippen LogP contribution in [0.15, 0.2) is 41.0 Å². The van der Waals surface area contributed by atoms with Crippen molar-refractivity contribution in [3.63, 3.8) is 0 Å². The van der Waals surface area contributed by atoms with Gasteiger partial charge in [0.25, 0.3) is 0 Å². The minimum Gasteiger partial charge on any atom is -0.263 e. The molecule has 0 heterocycles. The van der Waals surface area contributed by atoms with E-state index in [0.717, 1.165) is 0 Å². The zero-order valence-corrected chi connectivity index (χ0v) is 22.7. The molecule has 1 heteroatoms. The zero-order chi connectivity index (χ0) is 20.0. The van der Waals surface area contributed by atoms with Gasteiger partial charge in [-0.05, 0) is 18.3 Å². The van der Waals surface area contributed by atoms with Gasteiger partial charge in [-0.1, -0.05) is 77.8 Å². The van der Waals surface area contributed by atoms with Crippen LogP contribution in [0.25, 0.3) is 10.8 Å². The molecule has 0 atom stereocenters. The van der Waals surface area contributed by atoms with Crippen LogP contribution < -0.4 is 0 Å². The van der Waals surface area contributed by atoms with Gasteiger partial charge in [-0.2, -0.15) is 17.2 Å². The number of allylic oxidation sites excluding steroid dienone is 4. The molecule has 0 bridgehead atoms. The topological polar surface area (TPSA) is 0 Å². The average Bonchev–Trinajstić information content (AvgIpc) is 3.14. The SMILES string of the molecule is CC1=[C-]C(C)(C)C(C)=C1C.CCC[c-]1ccc2cc3c(cc21)CC(C)(C)C3.[Hf]. The summed E-state index contributed by atoms with van der Waals surface area (Å²) < 4.78 is 0. The summed E-state index contributed by atoms with van der Waals surface area (Å²) in [5, 5.41) is 2.95. The quantitative estimate of drug-likeness (QED) is 0.271. The minimum absolute atomic E-state index is 0. The molecule has 0 aromatic heterocycles. The molecule has 0 saturated carbocycles. The molecule has 0 nitrogen and oxygen atoms in total. The summed E-state index contributed by atoms with van der Waals surface area (Å²) in [4.78, 5) is 0. The third-order valence-corrected chi connectivity index (χ3v) is 6.60. The van der Waals surface area contributed by atoms with E-state index in [1.165, 1.54) is 58.7 Å². The maximum Gasteiger partial charge on any atom is 0 e. The van der Waals surface area contributed by atoms with Gasteiger partial charge in [0.05, 0.1) is 0 Å². The van der Waals surface area contributed by atoms with Crippen LogP contribution in [0.2, 0.25) is 0 Å². The summed E-state index contributed by atoms with van der Waals surface area (Å²) in [7, 11) is 0. The predicted molar refractivity (Wildman–Crippen MR) is 119 cm³/mol. The number of fused-ring (bicyclic) bond motifs is 2. The first-order valence-electron chi connectivity index (χ1n) is 10.5. The Bertz CT molecular complexity index is 915. The summed E-state index contributed by atoms with van der Waals surface area (Å²) in [6, 6.07) is 9.50. The smallest absolute Gasteiger partial charge is 0 e. The number of hydrogen-bond acceptors (Lipinski definition) is 0. The Morgan fingerprint density at radius 3 is 2.07 bits per heavy atom. The van der Waals surface area contributed by atoms with Gasteiger partial charge in [-0.3, -0.25) is 6.08 Å². The van der Waals surface area contributed by atoms with Crippen molar-refractivity contribution in [1.29, 1.82) is 0 Å². The van der Waals surface area contributed by atoms with Crippen LogP contribution in [0.3, 0.4) is 0 Å². The Labute approximate surface area is 191 Å². The van der Waals surface area contributed by atoms with Gasteiger partial charge < -0.3 is 0 Å². The Hall–Kier alpha value is -0.820. The molecule has 0 unspecified atom stereocenters. The van der Waals surface area contributed by atoms with Crippen LogP contribution >= 0.6 is 0 Å². The molecule has 2 aliphatic carbocycles. The molecule has 28 heavy (non-hydrogen) atoms. The van der Waals surface area contributed by atoms with E-state index in [-0.39, 0.29) is 31.3 Å². The molecule has 0 spiro atoms. The first kappa shape index (κ1) is 23.5. The van der Waals surface area contributed by atoms with Crippen molar-refractivity contribution >= 4 is 10.8 Å². The maximum atomic E-state index is 3.44. The first-order chi connectivity index (χ1) is 12.5. The number of rotatable bonds is 2. The van der Waals surface area contributed by atoms with E-state index in [2.05, 4.69) is 85.7 Å². The molecule has 0 aliphatic heterocycles. The molecule has 0 N–H and O–H groups in total. The van der Waals surface area contributed by atoms with Crippen molar-refractivity contribution in [1.82, 2.24) is 0 Å². The molecular formula is C27H36Hf-2. The fourth-order valence-corrected chi connectivity index (χ4v) is 4.72. The molecule has 2 aliphatic rings. The summed E-state index contributed by atoms with van der Waals surface area (Å²) >= 11 is 0. The van der Waals surface area contributed by atoms with Crippen molar-refractivity contribution in [2.24, 2.45) is 10.8 Å². The van der Waals surface area contributed by atoms with Crippen molar-refractivity contribution < 1.29 is 25.8 Å². The normalized spacial score (nSPS) is 19.1. The van der Waals surface area contributed by atoms with Crippen LogP contribution in [-0.2, 0) is 45.1 Å². The summed E-state index contributed by atoms with van der Waals surface area (Å²) in [5.74, 6) is 0. The fourth-order valence-electron chi connectivity index (χ4n) is 4.72. The monoisotopic (exact) mass is 540 g/mol. The van der Waals surface area contributed by atoms with Gasteiger partial charge in [0.15, 0.2) is 0 Å². The van der Waals surface area contributed by atoms with Gasteiger partial charge in [-0.25, -0.2) is 5.57 Å². The van der Waals surface area contributed by atoms with E-state index in [4.69, 9.17) is 0 Å². The van der Waals surface area contributed by atoms with Gasteiger partial charge >= 0.3 is 0 Å². The summed E-state index contributed by atoms with van der Waals surface area (Å²) in [6.07, 6.45) is 8.37. The molecule has 0 radical (unpaired) electrons. The Balaban J connectivity index is 0.000000221. The van der Waals surface area contributed by atoms with Crippen molar-refractivity contribution in [2.75, 3.05) is 0 Å². The van der Waals surface area contributed by atoms with Crippen molar-refractivity contribution in [3.8, 4) is 0 Å². The van der Waals surface area contributed by atoms with Crippen molar-refractivity contribution in [3.05, 3.63) is 63.8 Å². The fraction of sp³-hybridized carbons (Fsp3) is 0.519. The average molecular weight is 539 g/mol. The Morgan fingerprint density at radius 1 is 1.00 bits per heavy atom. The first-order valence-corrected chi connectivity index (χ1v) is 10.5. The second-order valence-corrected chi connectivity index (χ2v) is 9.96. The van der Waals surface area contributed by atoms with E-state index in [9.17, 15) is 0 Å². The molecule has 2 aromatic carbocycles. The van der Waals surface area contributed by atoms with E-state index in [1.807, 2.05) is 0 Å². The molecule has 150 valence electrons. The van der Waals surface area contributed by atoms with Crippen LogP contribution in [0.1, 0.15) is 78.5 Å². The van der Waals surface area contributed by atoms with Crippen molar-refractivity contribution in [2.45, 2.75) is 81.1 Å². The van der Waals surface area contributed by atoms with E-state index in [0.29, 0.717) is 5.41 Å². The minimum atomic E-state index is 0. The van der Waals surface area contributed by atoms with E-state index >= 15 is 0 Å². The number of aryl methyl sites for hydroxylation is 1. The van der Waals surface area contributed by atoms with Gasteiger partial charge in [0.1, 0.15) is 0 Å². The Morgan fingerprint density at radius 2 is 1.61 bits per heavy atom. The van der Waals surface area contributed by atoms with Crippen LogP contribution in [0.5, 0.6) is 0 Å². The summed E-state index contributed by atoms with van der Waals surface area (Å²) in [6.45, 7) is 17.9. The molecule has 2 aromatic rings. The van der Waals surface area contributed by atoms with Gasteiger partial charge in [0.2, 0.25) is 0 Å². The largest absolute Gasteiger partial charge is 0.263 e.